The van der Waals surface area contributed by atoms with E-state index >= 15 is 0 Å². The SMILES string of the molecule is CCCOc1cc(C(=CC(=O)N2CCN(C(=O)c3cc(OC)c(OC)c(OC)c3)CC2)c2cccc(Cl)c2)ccc1OC. The quantitative estimate of drug-likeness (QED) is 0.263. The van der Waals surface area contributed by atoms with Crippen LogP contribution in [-0.2, 0) is 4.79 Å². The van der Waals surface area contributed by atoms with Gasteiger partial charge >= 0.3 is 0 Å². The number of amides is 2. The second-order valence-corrected chi connectivity index (χ2v) is 10.3. The highest BCUT2D eigenvalue weighted by molar-refractivity contribution is 6.30. The van der Waals surface area contributed by atoms with E-state index in [1.54, 1.807) is 41.2 Å². The van der Waals surface area contributed by atoms with E-state index in [1.165, 1.54) is 21.3 Å². The number of hydrogen-bond acceptors (Lipinski definition) is 7. The van der Waals surface area contributed by atoms with Crippen molar-refractivity contribution in [3.63, 3.8) is 0 Å². The van der Waals surface area contributed by atoms with Crippen LogP contribution in [0, 0.1) is 0 Å². The third-order valence-corrected chi connectivity index (χ3v) is 7.37. The van der Waals surface area contributed by atoms with Gasteiger partial charge in [0.2, 0.25) is 11.7 Å². The topological polar surface area (TPSA) is 86.8 Å². The molecule has 3 aromatic rings. The summed E-state index contributed by atoms with van der Waals surface area (Å²) in [6.45, 7) is 4.07. The van der Waals surface area contributed by atoms with Gasteiger partial charge in [0.25, 0.3) is 5.91 Å². The number of hydrogen-bond donors (Lipinski definition) is 0. The molecule has 0 atom stereocenters. The molecule has 9 nitrogen and oxygen atoms in total. The minimum absolute atomic E-state index is 0.165. The minimum atomic E-state index is -0.181. The first kappa shape index (κ1) is 31.6. The van der Waals surface area contributed by atoms with Gasteiger partial charge in [0.1, 0.15) is 0 Å². The fourth-order valence-corrected chi connectivity index (χ4v) is 5.08. The highest BCUT2D eigenvalue weighted by Crippen LogP contribution is 2.39. The van der Waals surface area contributed by atoms with Crippen LogP contribution in [-0.4, -0.2) is 82.8 Å². The van der Waals surface area contributed by atoms with Crippen LogP contribution < -0.4 is 23.7 Å². The summed E-state index contributed by atoms with van der Waals surface area (Å²) in [5.41, 5.74) is 2.70. The third kappa shape index (κ3) is 7.35. The number of benzene rings is 3. The lowest BCUT2D eigenvalue weighted by molar-refractivity contribution is -0.127. The van der Waals surface area contributed by atoms with Crippen molar-refractivity contribution in [3.8, 4) is 28.7 Å². The average Bonchev–Trinajstić information content (AvgIpc) is 3.04. The van der Waals surface area contributed by atoms with Crippen molar-refractivity contribution in [1.29, 1.82) is 0 Å². The Morgan fingerprint density at radius 3 is 1.93 bits per heavy atom. The predicted octanol–water partition coefficient (Wildman–Crippen LogP) is 5.58. The number of methoxy groups -OCH3 is 4. The molecule has 0 aromatic heterocycles. The van der Waals surface area contributed by atoms with Crippen LogP contribution in [0.3, 0.4) is 0 Å². The summed E-state index contributed by atoms with van der Waals surface area (Å²) in [6.07, 6.45) is 2.46. The maximum absolute atomic E-state index is 13.6. The van der Waals surface area contributed by atoms with Gasteiger partial charge in [-0.2, -0.15) is 0 Å². The molecule has 2 amide bonds. The Hall–Kier alpha value is -4.37. The molecule has 1 heterocycles. The largest absolute Gasteiger partial charge is 0.493 e. The molecule has 43 heavy (non-hydrogen) atoms. The Kier molecular flexibility index (Phi) is 10.8. The number of piperazine rings is 1. The first-order valence-electron chi connectivity index (χ1n) is 14.0. The molecule has 4 rings (SSSR count). The molecule has 0 unspecified atom stereocenters. The van der Waals surface area contributed by atoms with E-state index in [-0.39, 0.29) is 11.8 Å². The number of nitrogens with zero attached hydrogens (tertiary/aromatic N) is 2. The van der Waals surface area contributed by atoms with E-state index in [0.29, 0.717) is 77.7 Å². The lowest BCUT2D eigenvalue weighted by Gasteiger charge is -2.34. The van der Waals surface area contributed by atoms with E-state index in [2.05, 4.69) is 0 Å². The Labute approximate surface area is 257 Å². The van der Waals surface area contributed by atoms with E-state index in [1.807, 2.05) is 43.3 Å². The number of ether oxygens (including phenoxy) is 5. The molecule has 0 aliphatic carbocycles. The van der Waals surface area contributed by atoms with Gasteiger partial charge in [-0.15, -0.1) is 0 Å². The van der Waals surface area contributed by atoms with Crippen molar-refractivity contribution in [1.82, 2.24) is 9.80 Å². The highest BCUT2D eigenvalue weighted by Gasteiger charge is 2.27. The molecule has 228 valence electrons. The van der Waals surface area contributed by atoms with Crippen molar-refractivity contribution < 1.29 is 33.3 Å². The molecule has 1 aliphatic rings. The third-order valence-electron chi connectivity index (χ3n) is 7.13. The molecule has 0 N–H and O–H groups in total. The first-order valence-corrected chi connectivity index (χ1v) is 14.4. The first-order chi connectivity index (χ1) is 20.8. The monoisotopic (exact) mass is 608 g/mol. The van der Waals surface area contributed by atoms with Crippen molar-refractivity contribution in [2.75, 3.05) is 61.2 Å². The number of carbonyl (C=O) groups is 2. The summed E-state index contributed by atoms with van der Waals surface area (Å²) in [7, 11) is 6.12. The molecule has 1 saturated heterocycles. The molecular weight excluding hydrogens is 572 g/mol. The Morgan fingerprint density at radius 2 is 1.35 bits per heavy atom. The van der Waals surface area contributed by atoms with Gasteiger partial charge in [-0.05, 0) is 59.5 Å². The van der Waals surface area contributed by atoms with Crippen molar-refractivity contribution >= 4 is 29.0 Å². The fraction of sp³-hybridized carbons (Fsp3) is 0.333. The number of rotatable bonds is 11. The lowest BCUT2D eigenvalue weighted by atomic mass is 9.96. The molecule has 0 radical (unpaired) electrons. The fourth-order valence-electron chi connectivity index (χ4n) is 4.89. The van der Waals surface area contributed by atoms with Crippen LogP contribution in [0.5, 0.6) is 28.7 Å². The highest BCUT2D eigenvalue weighted by atomic mass is 35.5. The zero-order valence-electron chi connectivity index (χ0n) is 25.1. The predicted molar refractivity (Wildman–Crippen MR) is 166 cm³/mol. The normalized spacial score (nSPS) is 13.4. The molecule has 0 saturated carbocycles. The van der Waals surface area contributed by atoms with Gasteiger partial charge < -0.3 is 33.5 Å². The van der Waals surface area contributed by atoms with E-state index in [9.17, 15) is 9.59 Å². The zero-order chi connectivity index (χ0) is 30.9. The van der Waals surface area contributed by atoms with Crippen LogP contribution in [0.15, 0.2) is 60.7 Å². The summed E-state index contributed by atoms with van der Waals surface area (Å²) in [6, 6.07) is 16.2. The summed E-state index contributed by atoms with van der Waals surface area (Å²) in [5.74, 6) is 2.09. The number of halogens is 1. The Morgan fingerprint density at radius 1 is 0.744 bits per heavy atom. The van der Waals surface area contributed by atoms with Gasteiger partial charge in [-0.25, -0.2) is 0 Å². The molecule has 3 aromatic carbocycles. The van der Waals surface area contributed by atoms with Crippen LogP contribution in [0.2, 0.25) is 5.02 Å². The maximum atomic E-state index is 13.6. The van der Waals surface area contributed by atoms with Crippen molar-refractivity contribution in [2.24, 2.45) is 0 Å². The van der Waals surface area contributed by atoms with Crippen LogP contribution in [0.4, 0.5) is 0 Å². The van der Waals surface area contributed by atoms with E-state index in [4.69, 9.17) is 35.3 Å². The van der Waals surface area contributed by atoms with E-state index < -0.39 is 0 Å². The summed E-state index contributed by atoms with van der Waals surface area (Å²) < 4.78 is 27.6. The molecule has 1 aliphatic heterocycles. The van der Waals surface area contributed by atoms with E-state index in [0.717, 1.165) is 17.5 Å². The molecule has 1 fully saturated rings. The molecule has 0 bridgehead atoms. The lowest BCUT2D eigenvalue weighted by Crippen LogP contribution is -2.50. The van der Waals surface area contributed by atoms with Gasteiger partial charge in [0, 0.05) is 42.8 Å². The number of carbonyl (C=O) groups excluding carboxylic acids is 2. The molecule has 10 heteroatoms. The molecular formula is C33H37ClN2O7. The molecule has 0 spiro atoms. The smallest absolute Gasteiger partial charge is 0.254 e. The Bertz CT molecular complexity index is 1460. The van der Waals surface area contributed by atoms with Gasteiger partial charge in [0.05, 0.1) is 35.0 Å². The zero-order valence-corrected chi connectivity index (χ0v) is 25.9. The van der Waals surface area contributed by atoms with Gasteiger partial charge in [0.15, 0.2) is 23.0 Å². The van der Waals surface area contributed by atoms with Crippen molar-refractivity contribution in [3.05, 3.63) is 82.4 Å². The minimum Gasteiger partial charge on any atom is -0.493 e. The van der Waals surface area contributed by atoms with Gasteiger partial charge in [-0.3, -0.25) is 9.59 Å². The standard InChI is InChI=1S/C33H37ClN2O7/c1-6-16-43-28-18-23(10-11-27(28)39-2)26(22-8-7-9-25(34)17-22)21-31(37)35-12-14-36(15-13-35)33(38)24-19-29(40-3)32(42-5)30(20-24)41-4/h7-11,17-21H,6,12-16H2,1-5H3. The van der Waals surface area contributed by atoms with Crippen LogP contribution in [0.25, 0.3) is 5.57 Å². The summed E-state index contributed by atoms with van der Waals surface area (Å²) in [4.78, 5) is 30.4. The second kappa shape index (κ2) is 14.7. The average molecular weight is 609 g/mol. The summed E-state index contributed by atoms with van der Waals surface area (Å²) in [5, 5.41) is 0.561. The van der Waals surface area contributed by atoms with Crippen LogP contribution in [0.1, 0.15) is 34.8 Å². The second-order valence-electron chi connectivity index (χ2n) is 9.81. The Balaban J connectivity index is 1.56. The van der Waals surface area contributed by atoms with Crippen LogP contribution >= 0.6 is 11.6 Å². The maximum Gasteiger partial charge on any atom is 0.254 e. The summed E-state index contributed by atoms with van der Waals surface area (Å²) >= 11 is 6.33. The van der Waals surface area contributed by atoms with Crippen molar-refractivity contribution in [2.45, 2.75) is 13.3 Å². The van der Waals surface area contributed by atoms with Gasteiger partial charge in [-0.1, -0.05) is 36.7 Å².